The number of benzene rings is 2. The molecule has 1 amide bonds. The first-order chi connectivity index (χ1) is 16.5. The number of carbonyl (C=O) groups is 2. The molecule has 7 nitrogen and oxygen atoms in total. The van der Waals surface area contributed by atoms with E-state index in [0.29, 0.717) is 54.9 Å². The Kier molecular flexibility index (Phi) is 6.58. The van der Waals surface area contributed by atoms with E-state index < -0.39 is 5.60 Å². The molecular formula is C27H33FN4O3. The molecule has 1 aliphatic rings. The van der Waals surface area contributed by atoms with E-state index in [9.17, 15) is 14.0 Å². The maximum Gasteiger partial charge on any atom is 0.410 e. The molecule has 0 aliphatic carbocycles. The van der Waals surface area contributed by atoms with Crippen LogP contribution in [-0.2, 0) is 11.3 Å². The number of carbonyl (C=O) groups excluding carboxylic acids is 2. The lowest BCUT2D eigenvalue weighted by Gasteiger charge is -2.36. The molecule has 8 heteroatoms. The van der Waals surface area contributed by atoms with E-state index in [0.717, 1.165) is 28.9 Å². The second-order valence-electron chi connectivity index (χ2n) is 10.3. The van der Waals surface area contributed by atoms with Crippen molar-refractivity contribution in [1.82, 2.24) is 14.5 Å². The number of anilines is 1. The number of nitrogens with zero attached hydrogens (tertiary/aromatic N) is 4. The largest absolute Gasteiger partial charge is 0.444 e. The fourth-order valence-electron chi connectivity index (χ4n) is 4.59. The SMILES string of the molecule is Cc1cc(C=O)c2nc(N3CCN(C(=O)OC(C)(C)C)CC3)n(Cc3cc(C)c(F)c(C)c3)c2c1. The van der Waals surface area contributed by atoms with E-state index in [4.69, 9.17) is 9.72 Å². The summed E-state index contributed by atoms with van der Waals surface area (Å²) in [6.45, 7) is 13.7. The van der Waals surface area contributed by atoms with Gasteiger partial charge in [-0.15, -0.1) is 0 Å². The van der Waals surface area contributed by atoms with Gasteiger partial charge in [0.25, 0.3) is 0 Å². The number of aryl methyl sites for hydroxylation is 3. The molecule has 2 heterocycles. The van der Waals surface area contributed by atoms with Crippen molar-refractivity contribution >= 4 is 29.4 Å². The van der Waals surface area contributed by atoms with Crippen LogP contribution < -0.4 is 4.90 Å². The van der Waals surface area contributed by atoms with Crippen molar-refractivity contribution in [3.8, 4) is 0 Å². The first-order valence-corrected chi connectivity index (χ1v) is 11.9. The Morgan fingerprint density at radius 1 is 1.06 bits per heavy atom. The van der Waals surface area contributed by atoms with Crippen molar-refractivity contribution in [2.75, 3.05) is 31.1 Å². The minimum Gasteiger partial charge on any atom is -0.444 e. The third kappa shape index (κ3) is 5.16. The third-order valence-electron chi connectivity index (χ3n) is 6.19. The summed E-state index contributed by atoms with van der Waals surface area (Å²) in [7, 11) is 0. The van der Waals surface area contributed by atoms with E-state index in [1.54, 1.807) is 18.7 Å². The topological polar surface area (TPSA) is 67.7 Å². The smallest absolute Gasteiger partial charge is 0.410 e. The molecule has 0 atom stereocenters. The fourth-order valence-corrected chi connectivity index (χ4v) is 4.59. The number of halogens is 1. The van der Waals surface area contributed by atoms with Crippen LogP contribution in [-0.4, -0.2) is 58.6 Å². The molecule has 1 aliphatic heterocycles. The Bertz CT molecular complexity index is 1260. The molecular weight excluding hydrogens is 447 g/mol. The number of rotatable bonds is 4. The summed E-state index contributed by atoms with van der Waals surface area (Å²) in [5, 5.41) is 0. The van der Waals surface area contributed by atoms with Crippen LogP contribution in [0.4, 0.5) is 15.1 Å². The van der Waals surface area contributed by atoms with Crippen LogP contribution >= 0.6 is 0 Å². The molecule has 186 valence electrons. The summed E-state index contributed by atoms with van der Waals surface area (Å²) in [6.07, 6.45) is 0.519. The summed E-state index contributed by atoms with van der Waals surface area (Å²) >= 11 is 0. The summed E-state index contributed by atoms with van der Waals surface area (Å²) in [4.78, 5) is 33.1. The van der Waals surface area contributed by atoms with E-state index in [1.165, 1.54) is 0 Å². The highest BCUT2D eigenvalue weighted by Crippen LogP contribution is 2.29. The van der Waals surface area contributed by atoms with Crippen LogP contribution in [0.1, 0.15) is 53.4 Å². The third-order valence-corrected chi connectivity index (χ3v) is 6.19. The van der Waals surface area contributed by atoms with Crippen LogP contribution in [0.15, 0.2) is 24.3 Å². The summed E-state index contributed by atoms with van der Waals surface area (Å²) in [5.41, 5.74) is 4.62. The number of hydrogen-bond acceptors (Lipinski definition) is 5. The van der Waals surface area contributed by atoms with Crippen LogP contribution in [0, 0.1) is 26.6 Å². The number of imidazole rings is 1. The second kappa shape index (κ2) is 9.32. The predicted octanol–water partition coefficient (Wildman–Crippen LogP) is 5.02. The number of fused-ring (bicyclic) bond motifs is 1. The van der Waals surface area contributed by atoms with Crippen molar-refractivity contribution in [2.24, 2.45) is 0 Å². The number of aromatic nitrogens is 2. The zero-order valence-corrected chi connectivity index (χ0v) is 21.3. The molecule has 3 aromatic rings. The van der Waals surface area contributed by atoms with Gasteiger partial charge in [-0.25, -0.2) is 14.2 Å². The first kappa shape index (κ1) is 24.7. The minimum atomic E-state index is -0.545. The van der Waals surface area contributed by atoms with Crippen molar-refractivity contribution in [1.29, 1.82) is 0 Å². The normalized spacial score (nSPS) is 14.5. The quantitative estimate of drug-likeness (QED) is 0.491. The van der Waals surface area contributed by atoms with E-state index in [-0.39, 0.29) is 11.9 Å². The van der Waals surface area contributed by atoms with Crippen LogP contribution in [0.2, 0.25) is 0 Å². The Hall–Kier alpha value is -3.42. The maximum atomic E-state index is 14.3. The van der Waals surface area contributed by atoms with Crippen molar-refractivity contribution in [3.05, 3.63) is 57.9 Å². The zero-order valence-electron chi connectivity index (χ0n) is 21.3. The summed E-state index contributed by atoms with van der Waals surface area (Å²) in [6, 6.07) is 7.58. The number of amides is 1. The Labute approximate surface area is 205 Å². The average molecular weight is 481 g/mol. The highest BCUT2D eigenvalue weighted by molar-refractivity contribution is 5.96. The van der Waals surface area contributed by atoms with Gasteiger partial charge in [-0.05, 0) is 75.9 Å². The molecule has 4 rings (SSSR count). The number of aldehydes is 1. The monoisotopic (exact) mass is 480 g/mol. The standard InChI is InChI=1S/C27H33FN4O3/c1-17-11-21(16-33)24-22(12-17)32(15-20-13-18(2)23(28)19(3)14-20)25(29-24)30-7-9-31(10-8-30)26(34)35-27(4,5)6/h11-14,16H,7-10,15H2,1-6H3. The number of piperazine rings is 1. The molecule has 1 aromatic heterocycles. The van der Waals surface area contributed by atoms with E-state index in [2.05, 4.69) is 9.47 Å². The lowest BCUT2D eigenvalue weighted by molar-refractivity contribution is 0.0240. The zero-order chi connectivity index (χ0) is 25.5. The summed E-state index contributed by atoms with van der Waals surface area (Å²) in [5.74, 6) is 0.541. The first-order valence-electron chi connectivity index (χ1n) is 11.9. The molecule has 1 fully saturated rings. The Morgan fingerprint density at radius 2 is 1.69 bits per heavy atom. The highest BCUT2D eigenvalue weighted by Gasteiger charge is 2.28. The molecule has 0 N–H and O–H groups in total. The molecule has 0 radical (unpaired) electrons. The van der Waals surface area contributed by atoms with E-state index >= 15 is 0 Å². The Morgan fingerprint density at radius 3 is 2.26 bits per heavy atom. The molecule has 0 saturated carbocycles. The maximum absolute atomic E-state index is 14.3. The van der Waals surface area contributed by atoms with Gasteiger partial charge in [0, 0.05) is 31.7 Å². The number of ether oxygens (including phenoxy) is 1. The minimum absolute atomic E-state index is 0.193. The van der Waals surface area contributed by atoms with Gasteiger partial charge in [-0.1, -0.05) is 12.1 Å². The van der Waals surface area contributed by atoms with Crippen LogP contribution in [0.5, 0.6) is 0 Å². The van der Waals surface area contributed by atoms with Crippen molar-refractivity contribution in [2.45, 2.75) is 53.7 Å². The molecule has 0 spiro atoms. The molecule has 1 saturated heterocycles. The second-order valence-corrected chi connectivity index (χ2v) is 10.3. The average Bonchev–Trinajstić information content (AvgIpc) is 3.13. The van der Waals surface area contributed by atoms with Crippen molar-refractivity contribution in [3.63, 3.8) is 0 Å². The van der Waals surface area contributed by atoms with Crippen LogP contribution in [0.3, 0.4) is 0 Å². The molecule has 0 bridgehead atoms. The molecule has 0 unspecified atom stereocenters. The fraction of sp³-hybridized carbons (Fsp3) is 0.444. The Balaban J connectivity index is 1.70. The van der Waals surface area contributed by atoms with Gasteiger partial charge < -0.3 is 19.1 Å². The van der Waals surface area contributed by atoms with Gasteiger partial charge >= 0.3 is 6.09 Å². The molecule has 2 aromatic carbocycles. The predicted molar refractivity (Wildman–Crippen MR) is 135 cm³/mol. The summed E-state index contributed by atoms with van der Waals surface area (Å²) < 4.78 is 21.9. The van der Waals surface area contributed by atoms with Gasteiger partial charge in [0.15, 0.2) is 6.29 Å². The van der Waals surface area contributed by atoms with Crippen LogP contribution in [0.25, 0.3) is 11.0 Å². The highest BCUT2D eigenvalue weighted by atomic mass is 19.1. The lowest BCUT2D eigenvalue weighted by Crippen LogP contribution is -2.50. The number of hydrogen-bond donors (Lipinski definition) is 0. The van der Waals surface area contributed by atoms with Gasteiger partial charge in [0.1, 0.15) is 16.9 Å². The lowest BCUT2D eigenvalue weighted by atomic mass is 10.1. The van der Waals surface area contributed by atoms with Crippen molar-refractivity contribution < 1.29 is 18.7 Å². The van der Waals surface area contributed by atoms with Gasteiger partial charge in [0.2, 0.25) is 5.95 Å². The molecule has 35 heavy (non-hydrogen) atoms. The van der Waals surface area contributed by atoms with Gasteiger partial charge in [-0.2, -0.15) is 0 Å². The van der Waals surface area contributed by atoms with Gasteiger partial charge in [-0.3, -0.25) is 4.79 Å². The van der Waals surface area contributed by atoms with Gasteiger partial charge in [0.05, 0.1) is 12.1 Å². The van der Waals surface area contributed by atoms with E-state index in [1.807, 2.05) is 52.0 Å².